The highest BCUT2D eigenvalue weighted by atomic mass is 16.3. The van der Waals surface area contributed by atoms with Crippen LogP contribution in [0.25, 0.3) is 0 Å². The Bertz CT molecular complexity index is 1180. The summed E-state index contributed by atoms with van der Waals surface area (Å²) >= 11 is 0. The molecule has 2 aromatic heterocycles. The summed E-state index contributed by atoms with van der Waals surface area (Å²) in [6.07, 6.45) is 3.89. The van der Waals surface area contributed by atoms with Crippen molar-refractivity contribution < 1.29 is 29.4 Å². The Labute approximate surface area is 227 Å². The SMILES string of the molecule is CCC(C)C1NC(=O)[C@H](C)[C@H](O)[C@H](Cc2cccnc2)NC(=O)[C@@H](NC(=O)c2ncccc2O)[C@@H](C)NC1=O. The fourth-order valence-electron chi connectivity index (χ4n) is 4.39. The number of carbonyl (C=O) groups excluding carboxylic acids is 4. The Morgan fingerprint density at radius 1 is 1.05 bits per heavy atom. The van der Waals surface area contributed by atoms with Crippen molar-refractivity contribution in [1.29, 1.82) is 0 Å². The Morgan fingerprint density at radius 2 is 1.77 bits per heavy atom. The van der Waals surface area contributed by atoms with Crippen LogP contribution in [0, 0.1) is 11.8 Å². The number of aliphatic hydroxyl groups excluding tert-OH is 1. The molecule has 2 unspecified atom stereocenters. The molecule has 12 nitrogen and oxygen atoms in total. The van der Waals surface area contributed by atoms with Crippen LogP contribution in [0.2, 0.25) is 0 Å². The van der Waals surface area contributed by atoms with Crippen LogP contribution < -0.4 is 21.3 Å². The van der Waals surface area contributed by atoms with Gasteiger partial charge in [0.05, 0.1) is 24.1 Å². The minimum Gasteiger partial charge on any atom is -0.505 e. The van der Waals surface area contributed by atoms with Crippen molar-refractivity contribution in [2.45, 2.75) is 70.8 Å². The normalized spacial score (nSPS) is 27.2. The quantitative estimate of drug-likeness (QED) is 0.297. The van der Waals surface area contributed by atoms with Gasteiger partial charge in [0, 0.05) is 18.6 Å². The maximum Gasteiger partial charge on any atom is 0.274 e. The third-order valence-electron chi connectivity index (χ3n) is 7.08. The van der Waals surface area contributed by atoms with Crippen molar-refractivity contribution in [3.63, 3.8) is 0 Å². The number of aliphatic hydroxyl groups is 1. The van der Waals surface area contributed by atoms with Crippen LogP contribution in [0.15, 0.2) is 42.9 Å². The number of hydrogen-bond acceptors (Lipinski definition) is 8. The van der Waals surface area contributed by atoms with E-state index in [2.05, 4.69) is 31.2 Å². The molecule has 12 heteroatoms. The van der Waals surface area contributed by atoms with Gasteiger partial charge in [0.1, 0.15) is 17.8 Å². The molecule has 6 N–H and O–H groups in total. The number of pyridine rings is 2. The number of nitrogens with zero attached hydrogens (tertiary/aromatic N) is 2. The van der Waals surface area contributed by atoms with Gasteiger partial charge >= 0.3 is 0 Å². The average Bonchev–Trinajstić information content (AvgIpc) is 2.92. The van der Waals surface area contributed by atoms with E-state index in [1.54, 1.807) is 24.5 Å². The summed E-state index contributed by atoms with van der Waals surface area (Å²) in [7, 11) is 0. The zero-order chi connectivity index (χ0) is 28.7. The summed E-state index contributed by atoms with van der Waals surface area (Å²) in [6.45, 7) is 6.74. The summed E-state index contributed by atoms with van der Waals surface area (Å²) in [5, 5.41) is 32.1. The second-order valence-electron chi connectivity index (χ2n) is 9.95. The van der Waals surface area contributed by atoms with Gasteiger partial charge in [-0.1, -0.05) is 33.3 Å². The van der Waals surface area contributed by atoms with Crippen LogP contribution in [-0.4, -0.2) is 74.1 Å². The first kappa shape index (κ1) is 29.5. The highest BCUT2D eigenvalue weighted by Crippen LogP contribution is 2.18. The molecular formula is C27H36N6O6. The fraction of sp³-hybridized carbons (Fsp3) is 0.481. The average molecular weight is 541 g/mol. The lowest BCUT2D eigenvalue weighted by atomic mass is 9.90. The van der Waals surface area contributed by atoms with Crippen LogP contribution in [0.5, 0.6) is 5.75 Å². The molecule has 7 atom stereocenters. The summed E-state index contributed by atoms with van der Waals surface area (Å²) in [6, 6.07) is 2.11. The van der Waals surface area contributed by atoms with Crippen molar-refractivity contribution in [3.05, 3.63) is 54.1 Å². The number of amides is 4. The summed E-state index contributed by atoms with van der Waals surface area (Å²) in [5.41, 5.74) is 0.416. The maximum atomic E-state index is 13.6. The molecule has 0 radical (unpaired) electrons. The molecule has 39 heavy (non-hydrogen) atoms. The maximum absolute atomic E-state index is 13.6. The Morgan fingerprint density at radius 3 is 2.41 bits per heavy atom. The van der Waals surface area contributed by atoms with Crippen LogP contribution in [0.3, 0.4) is 0 Å². The standard InChI is InChI=1S/C27H36N6O6/c1-5-14(2)20-25(37)30-16(4)21(33-27(39)22-19(34)9-7-11-29-22)26(38)31-18(12-17-8-6-10-28-13-17)23(35)15(3)24(36)32-20/h6-11,13-16,18,20-21,23,34-35H,5,12H2,1-4H3,(H,30,37)(H,31,38)(H,32,36)(H,33,39)/t14?,15-,16-,18+,20?,21+,23+/m1/s1. The van der Waals surface area contributed by atoms with Gasteiger partial charge in [-0.05, 0) is 43.0 Å². The van der Waals surface area contributed by atoms with Crippen LogP contribution in [0.4, 0.5) is 0 Å². The van der Waals surface area contributed by atoms with E-state index in [1.165, 1.54) is 32.2 Å². The molecule has 1 aliphatic heterocycles. The van der Waals surface area contributed by atoms with Crippen LogP contribution in [-0.2, 0) is 20.8 Å². The van der Waals surface area contributed by atoms with Crippen molar-refractivity contribution >= 4 is 23.6 Å². The van der Waals surface area contributed by atoms with Crippen molar-refractivity contribution in [1.82, 2.24) is 31.2 Å². The van der Waals surface area contributed by atoms with Gasteiger partial charge in [0.25, 0.3) is 5.91 Å². The minimum absolute atomic E-state index is 0.148. The van der Waals surface area contributed by atoms with E-state index < -0.39 is 59.8 Å². The lowest BCUT2D eigenvalue weighted by Crippen LogP contribution is -2.64. The summed E-state index contributed by atoms with van der Waals surface area (Å²) < 4.78 is 0. The minimum atomic E-state index is -1.33. The number of aromatic hydroxyl groups is 1. The van der Waals surface area contributed by atoms with Gasteiger partial charge < -0.3 is 31.5 Å². The molecule has 1 saturated heterocycles. The molecule has 0 aliphatic carbocycles. The van der Waals surface area contributed by atoms with Crippen molar-refractivity contribution in [2.75, 3.05) is 0 Å². The number of nitrogens with one attached hydrogen (secondary N) is 4. The predicted octanol–water partition coefficient (Wildman–Crippen LogP) is 0.0543. The molecule has 0 saturated carbocycles. The van der Waals surface area contributed by atoms with Gasteiger partial charge in [-0.25, -0.2) is 4.98 Å². The monoisotopic (exact) mass is 540 g/mol. The molecule has 1 aliphatic rings. The first-order valence-corrected chi connectivity index (χ1v) is 13.0. The van der Waals surface area contributed by atoms with Crippen molar-refractivity contribution in [3.8, 4) is 5.75 Å². The highest BCUT2D eigenvalue weighted by Gasteiger charge is 2.39. The molecule has 0 spiro atoms. The molecule has 3 heterocycles. The highest BCUT2D eigenvalue weighted by molar-refractivity contribution is 5.98. The zero-order valence-electron chi connectivity index (χ0n) is 22.4. The lowest BCUT2D eigenvalue weighted by molar-refractivity contribution is -0.137. The number of rotatable bonds is 6. The van der Waals surface area contributed by atoms with Gasteiger partial charge in [-0.3, -0.25) is 24.2 Å². The predicted molar refractivity (Wildman–Crippen MR) is 141 cm³/mol. The second kappa shape index (κ2) is 13.1. The van der Waals surface area contributed by atoms with Gasteiger partial charge in [-0.15, -0.1) is 0 Å². The van der Waals surface area contributed by atoms with Crippen LogP contribution in [0.1, 0.15) is 50.2 Å². The largest absolute Gasteiger partial charge is 0.505 e. The summed E-state index contributed by atoms with van der Waals surface area (Å²) in [4.78, 5) is 60.9. The third kappa shape index (κ3) is 7.29. The first-order valence-electron chi connectivity index (χ1n) is 13.0. The fourth-order valence-corrected chi connectivity index (χ4v) is 4.39. The smallest absolute Gasteiger partial charge is 0.274 e. The van der Waals surface area contributed by atoms with E-state index in [0.29, 0.717) is 12.0 Å². The topological polar surface area (TPSA) is 183 Å². The van der Waals surface area contributed by atoms with E-state index in [1.807, 2.05) is 13.8 Å². The molecule has 3 rings (SSSR count). The number of aromatic nitrogens is 2. The Balaban J connectivity index is 2.00. The van der Waals surface area contributed by atoms with Gasteiger partial charge in [-0.2, -0.15) is 0 Å². The zero-order valence-corrected chi connectivity index (χ0v) is 22.4. The molecule has 0 bridgehead atoms. The molecule has 4 amide bonds. The van der Waals surface area contributed by atoms with Crippen LogP contribution >= 0.6 is 0 Å². The lowest BCUT2D eigenvalue weighted by Gasteiger charge is -2.35. The molecule has 2 aromatic rings. The van der Waals surface area contributed by atoms with E-state index in [0.717, 1.165) is 0 Å². The summed E-state index contributed by atoms with van der Waals surface area (Å²) in [5.74, 6) is -4.21. The number of hydrogen-bond donors (Lipinski definition) is 6. The molecule has 1 fully saturated rings. The first-order chi connectivity index (χ1) is 18.5. The van der Waals surface area contributed by atoms with Gasteiger partial charge in [0.2, 0.25) is 17.7 Å². The Hall–Kier alpha value is -4.06. The molecular weight excluding hydrogens is 504 g/mol. The molecule has 210 valence electrons. The molecule has 0 aromatic carbocycles. The van der Waals surface area contributed by atoms with E-state index in [4.69, 9.17) is 0 Å². The van der Waals surface area contributed by atoms with Gasteiger partial charge in [0.15, 0.2) is 5.69 Å². The second-order valence-corrected chi connectivity index (χ2v) is 9.95. The Kier molecular flexibility index (Phi) is 9.94. The van der Waals surface area contributed by atoms with E-state index in [9.17, 15) is 29.4 Å². The van der Waals surface area contributed by atoms with Crippen molar-refractivity contribution in [2.24, 2.45) is 11.8 Å². The van der Waals surface area contributed by atoms with E-state index >= 15 is 0 Å². The number of carbonyl (C=O) groups is 4. The third-order valence-corrected chi connectivity index (χ3v) is 7.08. The van der Waals surface area contributed by atoms with E-state index in [-0.39, 0.29) is 23.8 Å².